The Morgan fingerprint density at radius 2 is 1.79 bits per heavy atom. The Labute approximate surface area is 163 Å². The quantitative estimate of drug-likeness (QED) is 0.845. The summed E-state index contributed by atoms with van der Waals surface area (Å²) in [5, 5.41) is 2.85. The van der Waals surface area contributed by atoms with Crippen LogP contribution in [0, 0.1) is 12.7 Å². The lowest BCUT2D eigenvalue weighted by atomic mass is 10.1. The smallest absolute Gasteiger partial charge is 0.270 e. The highest BCUT2D eigenvalue weighted by Crippen LogP contribution is 2.13. The fourth-order valence-electron chi connectivity index (χ4n) is 3.09. The van der Waals surface area contributed by atoms with Crippen molar-refractivity contribution in [2.75, 3.05) is 37.6 Å². The number of aromatic nitrogens is 2. The number of nitrogens with zero attached hydrogens (tertiary/aromatic N) is 4. The van der Waals surface area contributed by atoms with Crippen molar-refractivity contribution in [3.05, 3.63) is 53.1 Å². The van der Waals surface area contributed by atoms with Gasteiger partial charge in [-0.2, -0.15) is 0 Å². The lowest BCUT2D eigenvalue weighted by molar-refractivity contribution is -0.129. The van der Waals surface area contributed by atoms with E-state index >= 15 is 0 Å². The number of halogens is 1. The maximum Gasteiger partial charge on any atom is 0.270 e. The highest BCUT2D eigenvalue weighted by molar-refractivity contribution is 5.92. The number of hydrogen-bond donors (Lipinski definition) is 1. The molecule has 8 heteroatoms. The number of piperazine rings is 1. The number of rotatable bonds is 5. The van der Waals surface area contributed by atoms with Crippen molar-refractivity contribution in [2.45, 2.75) is 20.3 Å². The lowest BCUT2D eigenvalue weighted by Crippen LogP contribution is -2.48. The van der Waals surface area contributed by atoms with Crippen LogP contribution in [0.4, 0.5) is 10.3 Å². The van der Waals surface area contributed by atoms with E-state index in [1.165, 1.54) is 12.1 Å². The monoisotopic (exact) mass is 385 g/mol. The number of hydrogen-bond acceptors (Lipinski definition) is 5. The van der Waals surface area contributed by atoms with Gasteiger partial charge in [0.05, 0.1) is 0 Å². The third-order valence-electron chi connectivity index (χ3n) is 4.70. The predicted molar refractivity (Wildman–Crippen MR) is 104 cm³/mol. The van der Waals surface area contributed by atoms with E-state index in [1.807, 2.05) is 11.8 Å². The lowest BCUT2D eigenvalue weighted by Gasteiger charge is -2.34. The molecule has 2 amide bonds. The van der Waals surface area contributed by atoms with Crippen molar-refractivity contribution in [1.29, 1.82) is 0 Å². The molecule has 0 unspecified atom stereocenters. The van der Waals surface area contributed by atoms with E-state index in [0.717, 1.165) is 5.56 Å². The van der Waals surface area contributed by atoms with Gasteiger partial charge in [0.25, 0.3) is 5.91 Å². The number of benzene rings is 1. The molecule has 0 spiro atoms. The first-order valence-corrected chi connectivity index (χ1v) is 9.31. The molecular weight excluding hydrogens is 361 g/mol. The SMILES string of the molecule is CC(=O)N1CCN(c2nc(C)cc(C(=O)NCCc3ccc(F)cc3)n2)CC1. The first kappa shape index (κ1) is 19.7. The van der Waals surface area contributed by atoms with E-state index in [9.17, 15) is 14.0 Å². The summed E-state index contributed by atoms with van der Waals surface area (Å²) in [6.07, 6.45) is 0.607. The number of anilines is 1. The fraction of sp³-hybridized carbons (Fsp3) is 0.400. The van der Waals surface area contributed by atoms with Crippen LogP contribution in [0.3, 0.4) is 0 Å². The van der Waals surface area contributed by atoms with Crippen molar-refractivity contribution in [3.63, 3.8) is 0 Å². The molecule has 0 atom stereocenters. The van der Waals surface area contributed by atoms with Crippen LogP contribution in [0.25, 0.3) is 0 Å². The first-order valence-electron chi connectivity index (χ1n) is 9.31. The molecule has 1 N–H and O–H groups in total. The van der Waals surface area contributed by atoms with Crippen LogP contribution in [0.5, 0.6) is 0 Å². The molecule has 0 aliphatic carbocycles. The van der Waals surface area contributed by atoms with Gasteiger partial charge in [-0.3, -0.25) is 9.59 Å². The summed E-state index contributed by atoms with van der Waals surface area (Å²) in [7, 11) is 0. The van der Waals surface area contributed by atoms with Crippen molar-refractivity contribution < 1.29 is 14.0 Å². The van der Waals surface area contributed by atoms with Crippen LogP contribution in [0.2, 0.25) is 0 Å². The van der Waals surface area contributed by atoms with E-state index < -0.39 is 0 Å². The topological polar surface area (TPSA) is 78.4 Å². The van der Waals surface area contributed by atoms with Gasteiger partial charge in [-0.1, -0.05) is 12.1 Å². The highest BCUT2D eigenvalue weighted by atomic mass is 19.1. The summed E-state index contributed by atoms with van der Waals surface area (Å²) in [4.78, 5) is 36.6. The second-order valence-electron chi connectivity index (χ2n) is 6.82. The standard InChI is InChI=1S/C20H24FN5O2/c1-14-13-18(19(28)22-8-7-16-3-5-17(21)6-4-16)24-20(23-14)26-11-9-25(10-12-26)15(2)27/h3-6,13H,7-12H2,1-2H3,(H,22,28). The molecule has 2 heterocycles. The van der Waals surface area contributed by atoms with Crippen LogP contribution in [0.15, 0.2) is 30.3 Å². The second kappa shape index (κ2) is 8.77. The minimum atomic E-state index is -0.277. The van der Waals surface area contributed by atoms with Crippen molar-refractivity contribution in [2.24, 2.45) is 0 Å². The van der Waals surface area contributed by atoms with Gasteiger partial charge in [0, 0.05) is 45.3 Å². The van der Waals surface area contributed by atoms with Crippen molar-refractivity contribution in [1.82, 2.24) is 20.2 Å². The highest BCUT2D eigenvalue weighted by Gasteiger charge is 2.21. The Morgan fingerprint density at radius 3 is 2.43 bits per heavy atom. The minimum absolute atomic E-state index is 0.0611. The van der Waals surface area contributed by atoms with Gasteiger partial charge in [-0.05, 0) is 37.1 Å². The number of nitrogens with one attached hydrogen (secondary N) is 1. The number of carbonyl (C=O) groups is 2. The van der Waals surface area contributed by atoms with E-state index in [4.69, 9.17) is 0 Å². The van der Waals surface area contributed by atoms with Crippen LogP contribution < -0.4 is 10.2 Å². The fourth-order valence-corrected chi connectivity index (χ4v) is 3.09. The molecule has 28 heavy (non-hydrogen) atoms. The third kappa shape index (κ3) is 5.03. The zero-order chi connectivity index (χ0) is 20.1. The van der Waals surface area contributed by atoms with E-state index in [1.54, 1.807) is 30.0 Å². The third-order valence-corrected chi connectivity index (χ3v) is 4.70. The van der Waals surface area contributed by atoms with Gasteiger partial charge in [-0.15, -0.1) is 0 Å². The van der Waals surface area contributed by atoms with Gasteiger partial charge in [0.2, 0.25) is 11.9 Å². The molecule has 1 aliphatic rings. The summed E-state index contributed by atoms with van der Waals surface area (Å²) in [5.41, 5.74) is 1.97. The molecule has 148 valence electrons. The van der Waals surface area contributed by atoms with Crippen LogP contribution in [-0.2, 0) is 11.2 Å². The predicted octanol–water partition coefficient (Wildman–Crippen LogP) is 1.57. The van der Waals surface area contributed by atoms with E-state index in [2.05, 4.69) is 15.3 Å². The maximum atomic E-state index is 12.9. The molecule has 0 radical (unpaired) electrons. The molecule has 0 bridgehead atoms. The van der Waals surface area contributed by atoms with Crippen molar-refractivity contribution >= 4 is 17.8 Å². The Morgan fingerprint density at radius 1 is 1.11 bits per heavy atom. The zero-order valence-corrected chi connectivity index (χ0v) is 16.1. The Kier molecular flexibility index (Phi) is 6.18. The molecule has 2 aromatic rings. The van der Waals surface area contributed by atoms with Gasteiger partial charge in [0.15, 0.2) is 0 Å². The molecular formula is C20H24FN5O2. The van der Waals surface area contributed by atoms with E-state index in [-0.39, 0.29) is 17.6 Å². The molecule has 1 saturated heterocycles. The largest absolute Gasteiger partial charge is 0.350 e. The average Bonchev–Trinajstić information content (AvgIpc) is 2.69. The Balaban J connectivity index is 1.60. The Bertz CT molecular complexity index is 848. The number of amides is 2. The average molecular weight is 385 g/mol. The zero-order valence-electron chi connectivity index (χ0n) is 16.1. The van der Waals surface area contributed by atoms with Crippen molar-refractivity contribution in [3.8, 4) is 0 Å². The summed E-state index contributed by atoms with van der Waals surface area (Å²) in [6.45, 7) is 6.32. The molecule has 1 aromatic carbocycles. The molecule has 3 rings (SSSR count). The van der Waals surface area contributed by atoms with E-state index in [0.29, 0.717) is 56.5 Å². The molecule has 0 saturated carbocycles. The van der Waals surface area contributed by atoms with Crippen LogP contribution >= 0.6 is 0 Å². The van der Waals surface area contributed by atoms with Crippen LogP contribution in [0.1, 0.15) is 28.7 Å². The van der Waals surface area contributed by atoms with Gasteiger partial charge >= 0.3 is 0 Å². The Hall–Kier alpha value is -3.03. The number of aryl methyl sites for hydroxylation is 1. The van der Waals surface area contributed by atoms with Crippen LogP contribution in [-0.4, -0.2) is 59.4 Å². The maximum absolute atomic E-state index is 12.9. The van der Waals surface area contributed by atoms with Gasteiger partial charge < -0.3 is 15.1 Å². The van der Waals surface area contributed by atoms with Gasteiger partial charge in [0.1, 0.15) is 11.5 Å². The summed E-state index contributed by atoms with van der Waals surface area (Å²) < 4.78 is 12.9. The minimum Gasteiger partial charge on any atom is -0.350 e. The molecule has 1 aromatic heterocycles. The molecule has 1 aliphatic heterocycles. The molecule has 1 fully saturated rings. The van der Waals surface area contributed by atoms with Gasteiger partial charge in [-0.25, -0.2) is 14.4 Å². The molecule has 7 nitrogen and oxygen atoms in total. The second-order valence-corrected chi connectivity index (χ2v) is 6.82. The summed E-state index contributed by atoms with van der Waals surface area (Å²) >= 11 is 0. The first-order chi connectivity index (χ1) is 13.4. The summed E-state index contributed by atoms with van der Waals surface area (Å²) in [5.74, 6) is 0.0232. The summed E-state index contributed by atoms with van der Waals surface area (Å²) in [6, 6.07) is 7.87. The number of carbonyl (C=O) groups excluding carboxylic acids is 2. The normalized spacial score (nSPS) is 14.1.